The summed E-state index contributed by atoms with van der Waals surface area (Å²) in [6, 6.07) is 0. The summed E-state index contributed by atoms with van der Waals surface area (Å²) in [4.78, 5) is 37.5. The third-order valence-electron chi connectivity index (χ3n) is 5.62. The molecule has 2 aliphatic carbocycles. The quantitative estimate of drug-likeness (QED) is 0.797. The Kier molecular flexibility index (Phi) is 2.76. The lowest BCUT2D eigenvalue weighted by Gasteiger charge is -2.36. The number of carboxylic acids is 1. The molecular weight excluding hydrogens is 258 g/mol. The van der Waals surface area contributed by atoms with Crippen LogP contribution < -0.4 is 0 Å². The van der Waals surface area contributed by atoms with Gasteiger partial charge in [-0.25, -0.2) is 0 Å². The highest BCUT2D eigenvalue weighted by molar-refractivity contribution is 6.10. The number of aliphatic carboxylic acids is 1. The molecule has 1 heterocycles. The van der Waals surface area contributed by atoms with Gasteiger partial charge in [0.1, 0.15) is 0 Å². The first kappa shape index (κ1) is 13.6. The molecule has 2 saturated carbocycles. The molecule has 2 unspecified atom stereocenters. The first-order valence-electron chi connectivity index (χ1n) is 7.40. The first-order valence-corrected chi connectivity index (χ1v) is 7.40. The largest absolute Gasteiger partial charge is 0.481 e. The summed E-state index contributed by atoms with van der Waals surface area (Å²) in [6.45, 7) is 3.94. The molecule has 3 aliphatic rings. The number of amides is 2. The van der Waals surface area contributed by atoms with Crippen LogP contribution in [-0.4, -0.2) is 34.3 Å². The van der Waals surface area contributed by atoms with Crippen molar-refractivity contribution in [2.75, 3.05) is 6.54 Å². The van der Waals surface area contributed by atoms with E-state index in [1.165, 1.54) is 4.90 Å². The maximum atomic E-state index is 12.3. The van der Waals surface area contributed by atoms with Crippen LogP contribution in [0.5, 0.6) is 0 Å². The lowest BCUT2D eigenvalue weighted by molar-refractivity contribution is -0.156. The minimum absolute atomic E-state index is 0.0725. The third-order valence-corrected chi connectivity index (χ3v) is 5.62. The molecule has 3 fully saturated rings. The smallest absolute Gasteiger partial charge is 0.311 e. The van der Waals surface area contributed by atoms with E-state index >= 15 is 0 Å². The van der Waals surface area contributed by atoms with Gasteiger partial charge < -0.3 is 5.11 Å². The highest BCUT2D eigenvalue weighted by Crippen LogP contribution is 2.63. The van der Waals surface area contributed by atoms with Crippen LogP contribution in [0.15, 0.2) is 0 Å². The Morgan fingerprint density at radius 3 is 2.10 bits per heavy atom. The predicted octanol–water partition coefficient (Wildman–Crippen LogP) is 1.66. The summed E-state index contributed by atoms with van der Waals surface area (Å²) in [6.07, 6.45) is 3.90. The second-order valence-corrected chi connectivity index (χ2v) is 7.19. The second-order valence-electron chi connectivity index (χ2n) is 7.19. The average Bonchev–Trinajstić information content (AvgIpc) is 2.87. The molecule has 2 atom stereocenters. The molecule has 1 N–H and O–H groups in total. The first-order chi connectivity index (χ1) is 9.31. The number of hydrogen-bond donors (Lipinski definition) is 1. The molecular formula is C15H21NO4. The fraction of sp³-hybridized carbons (Fsp3) is 0.800. The van der Waals surface area contributed by atoms with Crippen LogP contribution in [-0.2, 0) is 14.4 Å². The van der Waals surface area contributed by atoms with E-state index in [9.17, 15) is 19.5 Å². The lowest BCUT2D eigenvalue weighted by atomic mass is 9.73. The standard InChI is InChI=1S/C15H21NO4/c1-14(2)9-10(14)12(18)16(11(9)17)8-15(13(19)20)6-4-3-5-7-15/h9-10H,3-8H2,1-2H3,(H,19,20). The Labute approximate surface area is 118 Å². The van der Waals surface area contributed by atoms with Crippen LogP contribution >= 0.6 is 0 Å². The van der Waals surface area contributed by atoms with Gasteiger partial charge in [0.25, 0.3) is 0 Å². The number of carbonyl (C=O) groups is 3. The van der Waals surface area contributed by atoms with E-state index < -0.39 is 11.4 Å². The van der Waals surface area contributed by atoms with Crippen LogP contribution in [0, 0.1) is 22.7 Å². The topological polar surface area (TPSA) is 74.7 Å². The molecule has 1 aliphatic heterocycles. The minimum Gasteiger partial charge on any atom is -0.481 e. The number of fused-ring (bicyclic) bond motifs is 1. The number of imide groups is 1. The van der Waals surface area contributed by atoms with Gasteiger partial charge in [-0.1, -0.05) is 33.1 Å². The van der Waals surface area contributed by atoms with Crippen molar-refractivity contribution in [2.24, 2.45) is 22.7 Å². The molecule has 3 rings (SSSR count). The molecule has 1 saturated heterocycles. The van der Waals surface area contributed by atoms with Gasteiger partial charge in [-0.15, -0.1) is 0 Å². The van der Waals surface area contributed by atoms with Crippen molar-refractivity contribution in [2.45, 2.75) is 46.0 Å². The average molecular weight is 279 g/mol. The van der Waals surface area contributed by atoms with E-state index in [0.717, 1.165) is 19.3 Å². The minimum atomic E-state index is -0.912. The van der Waals surface area contributed by atoms with Crippen LogP contribution in [0.4, 0.5) is 0 Å². The number of carboxylic acid groups (broad SMARTS) is 1. The van der Waals surface area contributed by atoms with Crippen molar-refractivity contribution >= 4 is 17.8 Å². The van der Waals surface area contributed by atoms with E-state index in [0.29, 0.717) is 12.8 Å². The summed E-state index contributed by atoms with van der Waals surface area (Å²) < 4.78 is 0. The SMILES string of the molecule is CC1(C)C2C(=O)N(CC3(C(=O)O)CCCCC3)C(=O)C21. The number of likely N-dealkylation sites (tertiary alicyclic amines) is 1. The Hall–Kier alpha value is -1.39. The molecule has 0 aromatic rings. The zero-order chi connectivity index (χ0) is 14.7. The molecule has 0 aromatic heterocycles. The van der Waals surface area contributed by atoms with E-state index in [1.54, 1.807) is 0 Å². The monoisotopic (exact) mass is 279 g/mol. The zero-order valence-electron chi connectivity index (χ0n) is 12.0. The van der Waals surface area contributed by atoms with Gasteiger partial charge >= 0.3 is 5.97 Å². The van der Waals surface area contributed by atoms with E-state index in [1.807, 2.05) is 13.8 Å². The van der Waals surface area contributed by atoms with Gasteiger partial charge in [0.2, 0.25) is 11.8 Å². The van der Waals surface area contributed by atoms with Crippen LogP contribution in [0.3, 0.4) is 0 Å². The van der Waals surface area contributed by atoms with Crippen molar-refractivity contribution in [1.82, 2.24) is 4.90 Å². The highest BCUT2D eigenvalue weighted by Gasteiger charge is 2.72. The fourth-order valence-electron chi connectivity index (χ4n) is 4.13. The number of rotatable bonds is 3. The molecule has 0 bridgehead atoms. The van der Waals surface area contributed by atoms with Crippen molar-refractivity contribution in [3.63, 3.8) is 0 Å². The van der Waals surface area contributed by atoms with Crippen molar-refractivity contribution in [3.8, 4) is 0 Å². The Bertz CT molecular complexity index is 466. The molecule has 20 heavy (non-hydrogen) atoms. The summed E-state index contributed by atoms with van der Waals surface area (Å²) in [5.41, 5.74) is -1.14. The van der Waals surface area contributed by atoms with Gasteiger partial charge in [-0.3, -0.25) is 19.3 Å². The normalized spacial score (nSPS) is 34.0. The highest BCUT2D eigenvalue weighted by atomic mass is 16.4. The summed E-state index contributed by atoms with van der Waals surface area (Å²) in [5, 5.41) is 9.55. The number of hydrogen-bond acceptors (Lipinski definition) is 3. The van der Waals surface area contributed by atoms with Gasteiger partial charge in [-0.05, 0) is 18.3 Å². The maximum absolute atomic E-state index is 12.3. The van der Waals surface area contributed by atoms with Crippen molar-refractivity contribution in [1.29, 1.82) is 0 Å². The van der Waals surface area contributed by atoms with Gasteiger partial charge in [0.15, 0.2) is 0 Å². The Balaban J connectivity index is 1.80. The third kappa shape index (κ3) is 1.64. The molecule has 0 aromatic carbocycles. The summed E-state index contributed by atoms with van der Waals surface area (Å²) >= 11 is 0. The maximum Gasteiger partial charge on any atom is 0.311 e. The van der Waals surface area contributed by atoms with E-state index in [4.69, 9.17) is 0 Å². The molecule has 5 nitrogen and oxygen atoms in total. The summed E-state index contributed by atoms with van der Waals surface area (Å²) in [5.74, 6) is -1.61. The molecule has 0 spiro atoms. The van der Waals surface area contributed by atoms with E-state index in [2.05, 4.69) is 0 Å². The van der Waals surface area contributed by atoms with Gasteiger partial charge in [0.05, 0.1) is 17.3 Å². The van der Waals surface area contributed by atoms with Crippen molar-refractivity contribution < 1.29 is 19.5 Å². The van der Waals surface area contributed by atoms with E-state index in [-0.39, 0.29) is 35.6 Å². The van der Waals surface area contributed by atoms with Crippen LogP contribution in [0.2, 0.25) is 0 Å². The molecule has 0 radical (unpaired) electrons. The van der Waals surface area contributed by atoms with Crippen molar-refractivity contribution in [3.05, 3.63) is 0 Å². The predicted molar refractivity (Wildman–Crippen MR) is 70.6 cm³/mol. The van der Waals surface area contributed by atoms with Gasteiger partial charge in [-0.2, -0.15) is 0 Å². The molecule has 110 valence electrons. The molecule has 2 amide bonds. The Morgan fingerprint density at radius 2 is 1.65 bits per heavy atom. The summed E-state index contributed by atoms with van der Waals surface area (Å²) in [7, 11) is 0. The fourth-order valence-corrected chi connectivity index (χ4v) is 4.13. The zero-order valence-corrected chi connectivity index (χ0v) is 12.0. The Morgan fingerprint density at radius 1 is 1.15 bits per heavy atom. The number of piperidine rings is 1. The number of carbonyl (C=O) groups excluding carboxylic acids is 2. The van der Waals surface area contributed by atoms with Crippen LogP contribution in [0.25, 0.3) is 0 Å². The number of nitrogens with zero attached hydrogens (tertiary/aromatic N) is 1. The van der Waals surface area contributed by atoms with Crippen LogP contribution in [0.1, 0.15) is 46.0 Å². The molecule has 5 heteroatoms. The lowest BCUT2D eigenvalue weighted by Crippen LogP contribution is -2.48. The van der Waals surface area contributed by atoms with Gasteiger partial charge in [0, 0.05) is 6.54 Å². The second kappa shape index (κ2) is 4.06.